The van der Waals surface area contributed by atoms with Crippen LogP contribution in [0.3, 0.4) is 0 Å². The van der Waals surface area contributed by atoms with E-state index in [9.17, 15) is 13.2 Å². The van der Waals surface area contributed by atoms with Gasteiger partial charge in [-0.1, -0.05) is 18.6 Å². The molecule has 0 aliphatic carbocycles. The summed E-state index contributed by atoms with van der Waals surface area (Å²) in [5, 5.41) is 6.18. The zero-order chi connectivity index (χ0) is 21.4. The molecule has 1 fully saturated rings. The average Bonchev–Trinajstić information content (AvgIpc) is 3.18. The van der Waals surface area contributed by atoms with Crippen molar-refractivity contribution < 1.29 is 13.2 Å². The number of hydrogen-bond donors (Lipinski definition) is 1. The number of unbranched alkanes of at least 4 members (excludes halogenated alkanes) is 1. The van der Waals surface area contributed by atoms with E-state index in [-0.39, 0.29) is 5.91 Å². The van der Waals surface area contributed by atoms with Crippen LogP contribution in [0, 0.1) is 6.92 Å². The summed E-state index contributed by atoms with van der Waals surface area (Å²) in [4.78, 5) is 16.8. The maximum absolute atomic E-state index is 12.7. The molecule has 1 aliphatic rings. The summed E-state index contributed by atoms with van der Waals surface area (Å²) < 4.78 is 27.0. The van der Waals surface area contributed by atoms with Crippen molar-refractivity contribution >= 4 is 27.3 Å². The Balaban J connectivity index is 1.36. The Kier molecular flexibility index (Phi) is 8.41. The number of carbonyl (C=O) groups is 1. The van der Waals surface area contributed by atoms with Crippen molar-refractivity contribution in [1.82, 2.24) is 14.6 Å². The van der Waals surface area contributed by atoms with E-state index in [1.165, 1.54) is 0 Å². The van der Waals surface area contributed by atoms with E-state index in [0.29, 0.717) is 37.4 Å². The van der Waals surface area contributed by atoms with E-state index in [1.807, 2.05) is 19.1 Å². The van der Waals surface area contributed by atoms with Crippen molar-refractivity contribution in [3.8, 4) is 0 Å². The van der Waals surface area contributed by atoms with Gasteiger partial charge in [0.1, 0.15) is 0 Å². The van der Waals surface area contributed by atoms with Gasteiger partial charge in [-0.2, -0.15) is 4.31 Å². The molecule has 1 aromatic carbocycles. The van der Waals surface area contributed by atoms with Gasteiger partial charge in [-0.15, -0.1) is 11.3 Å². The number of amides is 1. The lowest BCUT2D eigenvalue weighted by Gasteiger charge is -2.25. The highest BCUT2D eigenvalue weighted by Crippen LogP contribution is 2.21. The fourth-order valence-corrected chi connectivity index (χ4v) is 5.91. The number of nitrogens with one attached hydrogen (secondary N) is 1. The molecular weight excluding hydrogens is 418 g/mol. The van der Waals surface area contributed by atoms with Crippen molar-refractivity contribution in [2.24, 2.45) is 0 Å². The monoisotopic (exact) mass is 449 g/mol. The Morgan fingerprint density at radius 3 is 2.50 bits per heavy atom. The summed E-state index contributed by atoms with van der Waals surface area (Å²) in [6, 6.07) is 6.97. The van der Waals surface area contributed by atoms with Crippen molar-refractivity contribution in [3.05, 3.63) is 45.9 Å². The smallest absolute Gasteiger partial charge is 0.243 e. The number of piperidine rings is 1. The van der Waals surface area contributed by atoms with E-state index in [4.69, 9.17) is 0 Å². The van der Waals surface area contributed by atoms with Gasteiger partial charge in [0.05, 0.1) is 9.90 Å². The number of sulfonamides is 1. The molecule has 1 aromatic heterocycles. The zero-order valence-electron chi connectivity index (χ0n) is 17.6. The molecule has 0 spiro atoms. The molecule has 1 amide bonds. The third-order valence-corrected chi connectivity index (χ3v) is 8.26. The number of hydrogen-bond acceptors (Lipinski definition) is 5. The van der Waals surface area contributed by atoms with E-state index in [0.717, 1.165) is 54.8 Å². The summed E-state index contributed by atoms with van der Waals surface area (Å²) in [5.41, 5.74) is 2.04. The number of thiazole rings is 1. The lowest BCUT2D eigenvalue weighted by atomic mass is 10.1. The van der Waals surface area contributed by atoms with Crippen LogP contribution in [0.2, 0.25) is 0 Å². The van der Waals surface area contributed by atoms with Gasteiger partial charge in [0.25, 0.3) is 0 Å². The van der Waals surface area contributed by atoms with E-state index < -0.39 is 10.0 Å². The average molecular weight is 450 g/mol. The third kappa shape index (κ3) is 6.62. The van der Waals surface area contributed by atoms with Crippen molar-refractivity contribution in [1.29, 1.82) is 0 Å². The van der Waals surface area contributed by atoms with Crippen molar-refractivity contribution in [3.63, 3.8) is 0 Å². The molecule has 1 N–H and O–H groups in total. The van der Waals surface area contributed by atoms with Crippen LogP contribution in [-0.4, -0.2) is 43.2 Å². The predicted molar refractivity (Wildman–Crippen MR) is 120 cm³/mol. The van der Waals surface area contributed by atoms with Gasteiger partial charge in [0.15, 0.2) is 0 Å². The maximum Gasteiger partial charge on any atom is 0.243 e. The van der Waals surface area contributed by atoms with Gasteiger partial charge in [-0.3, -0.25) is 4.79 Å². The largest absolute Gasteiger partial charge is 0.356 e. The van der Waals surface area contributed by atoms with Gasteiger partial charge in [-0.25, -0.2) is 13.4 Å². The molecular formula is C22H31N3O3S2. The molecule has 30 heavy (non-hydrogen) atoms. The minimum atomic E-state index is -3.40. The molecule has 0 bridgehead atoms. The van der Waals surface area contributed by atoms with Crippen LogP contribution in [0.4, 0.5) is 0 Å². The molecule has 2 aromatic rings. The number of benzene rings is 1. The summed E-state index contributed by atoms with van der Waals surface area (Å²) in [5.74, 6) is 0.0325. The Morgan fingerprint density at radius 2 is 1.83 bits per heavy atom. The molecule has 6 nitrogen and oxygen atoms in total. The van der Waals surface area contributed by atoms with Gasteiger partial charge in [0.2, 0.25) is 15.9 Å². The fourth-order valence-electron chi connectivity index (χ4n) is 3.58. The molecule has 0 radical (unpaired) electrons. The zero-order valence-corrected chi connectivity index (χ0v) is 19.2. The first-order valence-electron chi connectivity index (χ1n) is 10.7. The highest BCUT2D eigenvalue weighted by Gasteiger charge is 2.25. The highest BCUT2D eigenvalue weighted by molar-refractivity contribution is 7.89. The molecule has 1 aliphatic heterocycles. The number of carbonyl (C=O) groups excluding carboxylic acids is 1. The first kappa shape index (κ1) is 22.9. The Labute approximate surface area is 183 Å². The third-order valence-electron chi connectivity index (χ3n) is 5.32. The SMILES string of the molecule is Cc1csc(CCCCNC(=O)CCc2ccc(S(=O)(=O)N3CCCCC3)cc2)n1. The summed E-state index contributed by atoms with van der Waals surface area (Å²) in [6.07, 6.45) is 6.87. The minimum Gasteiger partial charge on any atom is -0.356 e. The second kappa shape index (κ2) is 11.0. The standard InChI is InChI=1S/C22H31N3O3S2/c1-18-17-29-22(24-18)7-3-4-14-23-21(26)13-10-19-8-11-20(12-9-19)30(27,28)25-15-5-2-6-16-25/h8-9,11-12,17H,2-7,10,13-16H2,1H3,(H,23,26). The highest BCUT2D eigenvalue weighted by atomic mass is 32.2. The number of aromatic nitrogens is 1. The molecule has 1 saturated heterocycles. The van der Waals surface area contributed by atoms with Crippen molar-refractivity contribution in [2.45, 2.75) is 63.2 Å². The van der Waals surface area contributed by atoms with E-state index in [2.05, 4.69) is 15.7 Å². The molecule has 3 rings (SSSR count). The van der Waals surface area contributed by atoms with E-state index in [1.54, 1.807) is 27.8 Å². The van der Waals surface area contributed by atoms with Crippen LogP contribution in [0.25, 0.3) is 0 Å². The Bertz CT molecular complexity index is 917. The van der Waals surface area contributed by atoms with Gasteiger partial charge in [0, 0.05) is 37.1 Å². The van der Waals surface area contributed by atoms with Crippen LogP contribution >= 0.6 is 11.3 Å². The van der Waals surface area contributed by atoms with Crippen LogP contribution in [0.15, 0.2) is 34.5 Å². The predicted octanol–water partition coefficient (Wildman–Crippen LogP) is 3.70. The summed E-state index contributed by atoms with van der Waals surface area (Å²) in [6.45, 7) is 3.89. The second-order valence-electron chi connectivity index (χ2n) is 7.80. The van der Waals surface area contributed by atoms with Crippen LogP contribution in [-0.2, 0) is 27.7 Å². The number of aryl methyl sites for hydroxylation is 3. The first-order chi connectivity index (χ1) is 14.4. The number of rotatable bonds is 10. The topological polar surface area (TPSA) is 79.4 Å². The van der Waals surface area contributed by atoms with Gasteiger partial charge in [-0.05, 0) is 63.1 Å². The normalized spacial score (nSPS) is 15.2. The summed E-state index contributed by atoms with van der Waals surface area (Å²) >= 11 is 1.69. The van der Waals surface area contributed by atoms with Crippen molar-refractivity contribution in [2.75, 3.05) is 19.6 Å². The second-order valence-corrected chi connectivity index (χ2v) is 10.7. The summed E-state index contributed by atoms with van der Waals surface area (Å²) in [7, 11) is -3.40. The van der Waals surface area contributed by atoms with Crippen LogP contribution in [0.1, 0.15) is 54.8 Å². The molecule has 2 heterocycles. The quantitative estimate of drug-likeness (QED) is 0.561. The molecule has 0 atom stereocenters. The lowest BCUT2D eigenvalue weighted by molar-refractivity contribution is -0.121. The first-order valence-corrected chi connectivity index (χ1v) is 13.0. The molecule has 0 saturated carbocycles. The molecule has 164 valence electrons. The molecule has 8 heteroatoms. The van der Waals surface area contributed by atoms with Gasteiger partial charge < -0.3 is 5.32 Å². The number of nitrogens with zero attached hydrogens (tertiary/aromatic N) is 2. The van der Waals surface area contributed by atoms with Crippen LogP contribution in [0.5, 0.6) is 0 Å². The Morgan fingerprint density at radius 1 is 1.10 bits per heavy atom. The maximum atomic E-state index is 12.7. The molecule has 0 unspecified atom stereocenters. The Hall–Kier alpha value is -1.77. The van der Waals surface area contributed by atoms with Crippen LogP contribution < -0.4 is 5.32 Å². The van der Waals surface area contributed by atoms with Gasteiger partial charge >= 0.3 is 0 Å². The minimum absolute atomic E-state index is 0.0325. The fraction of sp³-hybridized carbons (Fsp3) is 0.545. The lowest BCUT2D eigenvalue weighted by Crippen LogP contribution is -2.35. The van der Waals surface area contributed by atoms with E-state index >= 15 is 0 Å².